The summed E-state index contributed by atoms with van der Waals surface area (Å²) in [5.74, 6) is 1.19. The largest absolute Gasteiger partial charge is 0.493 e. The summed E-state index contributed by atoms with van der Waals surface area (Å²) >= 11 is 1.33. The van der Waals surface area contributed by atoms with E-state index in [4.69, 9.17) is 10.00 Å². The number of aromatic nitrogens is 3. The number of nitriles is 1. The van der Waals surface area contributed by atoms with Crippen LogP contribution in [0.15, 0.2) is 60.0 Å². The molecule has 2 aromatic carbocycles. The number of carbonyl (C=O) groups excluding carboxylic acids is 1. The maximum atomic E-state index is 12.4. The molecule has 0 aliphatic heterocycles. The summed E-state index contributed by atoms with van der Waals surface area (Å²) in [5.41, 5.74) is 2.88. The zero-order valence-corrected chi connectivity index (χ0v) is 18.4. The number of thioether (sulfide) groups is 1. The highest BCUT2D eigenvalue weighted by Gasteiger charge is 2.11. The number of benzene rings is 2. The van der Waals surface area contributed by atoms with Crippen molar-refractivity contribution in [2.45, 2.75) is 37.8 Å². The average molecular weight is 436 g/mol. The minimum Gasteiger partial charge on any atom is -0.493 e. The van der Waals surface area contributed by atoms with Crippen molar-refractivity contribution < 1.29 is 9.53 Å². The number of amides is 1. The van der Waals surface area contributed by atoms with Gasteiger partial charge in [0.1, 0.15) is 12.1 Å². The van der Waals surface area contributed by atoms with Crippen LogP contribution in [0.3, 0.4) is 0 Å². The molecule has 0 bridgehead atoms. The third kappa shape index (κ3) is 6.59. The van der Waals surface area contributed by atoms with Crippen molar-refractivity contribution in [1.82, 2.24) is 14.8 Å². The SMILES string of the molecule is CC(C)c1ccc(-n2cnnc2SCC(=O)Nc2cccc(OCCCC#N)c2)cc1. The topological polar surface area (TPSA) is 92.8 Å². The van der Waals surface area contributed by atoms with Crippen LogP contribution in [0.1, 0.15) is 38.2 Å². The summed E-state index contributed by atoms with van der Waals surface area (Å²) in [6, 6.07) is 17.6. The molecular weight excluding hydrogens is 410 g/mol. The number of nitrogens with zero attached hydrogens (tertiary/aromatic N) is 4. The maximum Gasteiger partial charge on any atom is 0.234 e. The molecule has 31 heavy (non-hydrogen) atoms. The number of rotatable bonds is 10. The quantitative estimate of drug-likeness (QED) is 0.363. The minimum atomic E-state index is -0.142. The first-order valence-electron chi connectivity index (χ1n) is 10.1. The Bertz CT molecular complexity index is 1040. The zero-order chi connectivity index (χ0) is 22.1. The molecule has 3 rings (SSSR count). The van der Waals surface area contributed by atoms with Gasteiger partial charge in [0, 0.05) is 23.9 Å². The Morgan fingerprint density at radius 2 is 2.06 bits per heavy atom. The van der Waals surface area contributed by atoms with Gasteiger partial charge in [0.2, 0.25) is 5.91 Å². The van der Waals surface area contributed by atoms with Crippen LogP contribution in [0, 0.1) is 11.3 Å². The fourth-order valence-electron chi connectivity index (χ4n) is 2.85. The lowest BCUT2D eigenvalue weighted by Crippen LogP contribution is -2.14. The summed E-state index contributed by atoms with van der Waals surface area (Å²) in [6.07, 6.45) is 2.78. The van der Waals surface area contributed by atoms with Crippen LogP contribution in [0.25, 0.3) is 5.69 Å². The lowest BCUT2D eigenvalue weighted by molar-refractivity contribution is -0.113. The molecule has 0 atom stereocenters. The van der Waals surface area contributed by atoms with Crippen molar-refractivity contribution in [3.8, 4) is 17.5 Å². The van der Waals surface area contributed by atoms with E-state index in [0.29, 0.717) is 42.0 Å². The Balaban J connectivity index is 1.55. The fourth-order valence-corrected chi connectivity index (χ4v) is 3.58. The van der Waals surface area contributed by atoms with E-state index in [1.54, 1.807) is 12.4 Å². The maximum absolute atomic E-state index is 12.4. The number of hydrogen-bond acceptors (Lipinski definition) is 6. The van der Waals surface area contributed by atoms with E-state index in [1.807, 2.05) is 34.9 Å². The third-order valence-corrected chi connectivity index (χ3v) is 5.45. The molecule has 0 aliphatic rings. The highest BCUT2D eigenvalue weighted by Crippen LogP contribution is 2.23. The standard InChI is InChI=1S/C23H25N5O2S/c1-17(2)18-8-10-20(11-9-18)28-16-25-27-23(28)31-15-22(29)26-19-6-5-7-21(14-19)30-13-4-3-12-24/h5-11,14,16-17H,3-4,13,15H2,1-2H3,(H,26,29). The van der Waals surface area contributed by atoms with E-state index in [-0.39, 0.29) is 11.7 Å². The third-order valence-electron chi connectivity index (χ3n) is 4.51. The number of ether oxygens (including phenoxy) is 1. The monoisotopic (exact) mass is 435 g/mol. The second kappa shape index (κ2) is 11.2. The van der Waals surface area contributed by atoms with Gasteiger partial charge in [-0.05, 0) is 42.2 Å². The lowest BCUT2D eigenvalue weighted by Gasteiger charge is -2.10. The number of unbranched alkanes of at least 4 members (excludes halogenated alkanes) is 1. The first-order valence-corrected chi connectivity index (χ1v) is 11.1. The van der Waals surface area contributed by atoms with Gasteiger partial charge in [-0.15, -0.1) is 10.2 Å². The van der Waals surface area contributed by atoms with Crippen molar-refractivity contribution in [2.75, 3.05) is 17.7 Å². The van der Waals surface area contributed by atoms with Crippen LogP contribution in [0.4, 0.5) is 5.69 Å². The average Bonchev–Trinajstić information content (AvgIpc) is 3.24. The van der Waals surface area contributed by atoms with Crippen molar-refractivity contribution in [3.63, 3.8) is 0 Å². The lowest BCUT2D eigenvalue weighted by atomic mass is 10.0. The number of nitrogens with one attached hydrogen (secondary N) is 1. The van der Waals surface area contributed by atoms with Gasteiger partial charge in [0.25, 0.3) is 0 Å². The second-order valence-electron chi connectivity index (χ2n) is 7.20. The summed E-state index contributed by atoms with van der Waals surface area (Å²) in [6.45, 7) is 4.78. The van der Waals surface area contributed by atoms with Crippen LogP contribution in [-0.4, -0.2) is 33.0 Å². The fraction of sp³-hybridized carbons (Fsp3) is 0.304. The molecule has 1 N–H and O–H groups in total. The molecule has 0 saturated heterocycles. The van der Waals surface area contributed by atoms with Crippen LogP contribution >= 0.6 is 11.8 Å². The molecule has 7 nitrogen and oxygen atoms in total. The Morgan fingerprint density at radius 1 is 1.26 bits per heavy atom. The van der Waals surface area contributed by atoms with Gasteiger partial charge in [0.05, 0.1) is 18.4 Å². The second-order valence-corrected chi connectivity index (χ2v) is 8.15. The smallest absolute Gasteiger partial charge is 0.234 e. The predicted octanol–water partition coefficient (Wildman–Crippen LogP) is 4.80. The van der Waals surface area contributed by atoms with Gasteiger partial charge in [-0.3, -0.25) is 9.36 Å². The molecule has 0 saturated carbocycles. The van der Waals surface area contributed by atoms with Crippen molar-refractivity contribution in [1.29, 1.82) is 5.26 Å². The van der Waals surface area contributed by atoms with E-state index >= 15 is 0 Å². The molecule has 3 aromatic rings. The first-order chi connectivity index (χ1) is 15.1. The number of hydrogen-bond donors (Lipinski definition) is 1. The molecule has 8 heteroatoms. The number of carbonyl (C=O) groups is 1. The molecule has 0 radical (unpaired) electrons. The molecule has 0 spiro atoms. The van der Waals surface area contributed by atoms with Gasteiger partial charge in [-0.2, -0.15) is 5.26 Å². The van der Waals surface area contributed by atoms with E-state index in [0.717, 1.165) is 5.69 Å². The Morgan fingerprint density at radius 3 is 2.81 bits per heavy atom. The van der Waals surface area contributed by atoms with Crippen LogP contribution in [-0.2, 0) is 4.79 Å². The van der Waals surface area contributed by atoms with Gasteiger partial charge in [-0.25, -0.2) is 0 Å². The van der Waals surface area contributed by atoms with Crippen LogP contribution in [0.5, 0.6) is 5.75 Å². The van der Waals surface area contributed by atoms with Crippen LogP contribution in [0.2, 0.25) is 0 Å². The summed E-state index contributed by atoms with van der Waals surface area (Å²) < 4.78 is 7.48. The molecule has 160 valence electrons. The molecule has 1 aromatic heterocycles. The minimum absolute atomic E-state index is 0.142. The van der Waals surface area contributed by atoms with Crippen LogP contribution < -0.4 is 10.1 Å². The Kier molecular flexibility index (Phi) is 8.07. The van der Waals surface area contributed by atoms with Gasteiger partial charge in [0.15, 0.2) is 5.16 Å². The highest BCUT2D eigenvalue weighted by molar-refractivity contribution is 7.99. The molecular formula is C23H25N5O2S. The number of anilines is 1. The Labute approximate surface area is 186 Å². The van der Waals surface area contributed by atoms with E-state index in [9.17, 15) is 4.79 Å². The highest BCUT2D eigenvalue weighted by atomic mass is 32.2. The molecule has 1 heterocycles. The molecule has 0 fully saturated rings. The predicted molar refractivity (Wildman–Crippen MR) is 122 cm³/mol. The van der Waals surface area contributed by atoms with Crippen molar-refractivity contribution in [3.05, 3.63) is 60.4 Å². The Hall–Kier alpha value is -3.31. The summed E-state index contributed by atoms with van der Waals surface area (Å²) in [5, 5.41) is 20.2. The van der Waals surface area contributed by atoms with E-state index in [1.165, 1.54) is 17.3 Å². The summed E-state index contributed by atoms with van der Waals surface area (Å²) in [4.78, 5) is 12.4. The molecule has 0 aliphatic carbocycles. The van der Waals surface area contributed by atoms with Crippen molar-refractivity contribution in [2.24, 2.45) is 0 Å². The summed E-state index contributed by atoms with van der Waals surface area (Å²) in [7, 11) is 0. The first kappa shape index (κ1) is 22.4. The molecule has 0 unspecified atom stereocenters. The zero-order valence-electron chi connectivity index (χ0n) is 17.6. The van der Waals surface area contributed by atoms with Gasteiger partial charge < -0.3 is 10.1 Å². The normalized spacial score (nSPS) is 10.6. The van der Waals surface area contributed by atoms with Gasteiger partial charge in [-0.1, -0.05) is 43.8 Å². The van der Waals surface area contributed by atoms with E-state index in [2.05, 4.69) is 47.6 Å². The van der Waals surface area contributed by atoms with Gasteiger partial charge >= 0.3 is 0 Å². The molecule has 1 amide bonds. The van der Waals surface area contributed by atoms with Crippen molar-refractivity contribution >= 4 is 23.4 Å². The van der Waals surface area contributed by atoms with E-state index < -0.39 is 0 Å².